The maximum Gasteiger partial charge on any atom is 0.264 e. The van der Waals surface area contributed by atoms with E-state index in [1.165, 1.54) is 25.5 Å². The van der Waals surface area contributed by atoms with Crippen LogP contribution in [-0.2, 0) is 14.8 Å². The lowest BCUT2D eigenvalue weighted by Crippen LogP contribution is -2.39. The SMILES string of the molecule is COc1cccc(N(CC(=O)N/N=C\c2cc(C)n(-c3ccc(Cl)cc3)c2C)S(=O)(=O)c2ccc(C)cc2)c1. The quantitative estimate of drug-likeness (QED) is 0.217. The van der Waals surface area contributed by atoms with Crippen molar-refractivity contribution >= 4 is 39.4 Å². The van der Waals surface area contributed by atoms with Crippen molar-refractivity contribution < 1.29 is 17.9 Å². The van der Waals surface area contributed by atoms with Gasteiger partial charge in [-0.15, -0.1) is 0 Å². The number of halogens is 1. The summed E-state index contributed by atoms with van der Waals surface area (Å²) >= 11 is 6.02. The zero-order valence-electron chi connectivity index (χ0n) is 22.1. The molecule has 0 saturated carbocycles. The lowest BCUT2D eigenvalue weighted by Gasteiger charge is -2.24. The van der Waals surface area contributed by atoms with Crippen LogP contribution in [0.15, 0.2) is 88.9 Å². The molecule has 0 fully saturated rings. The minimum Gasteiger partial charge on any atom is -0.497 e. The summed E-state index contributed by atoms with van der Waals surface area (Å²) in [5, 5.41) is 4.76. The second-order valence-electron chi connectivity index (χ2n) is 8.96. The normalized spacial score (nSPS) is 11.5. The zero-order chi connectivity index (χ0) is 28.2. The Morgan fingerprint density at radius 3 is 2.38 bits per heavy atom. The van der Waals surface area contributed by atoms with Gasteiger partial charge in [0.2, 0.25) is 0 Å². The largest absolute Gasteiger partial charge is 0.497 e. The van der Waals surface area contributed by atoms with E-state index in [0.29, 0.717) is 16.5 Å². The summed E-state index contributed by atoms with van der Waals surface area (Å²) in [5.74, 6) is -0.137. The molecule has 39 heavy (non-hydrogen) atoms. The third-order valence-electron chi connectivity index (χ3n) is 6.19. The van der Waals surface area contributed by atoms with Crippen LogP contribution < -0.4 is 14.5 Å². The summed E-state index contributed by atoms with van der Waals surface area (Å²) in [6.07, 6.45) is 1.54. The zero-order valence-corrected chi connectivity index (χ0v) is 23.6. The number of aromatic nitrogens is 1. The number of nitrogens with zero attached hydrogens (tertiary/aromatic N) is 3. The summed E-state index contributed by atoms with van der Waals surface area (Å²) in [7, 11) is -2.57. The van der Waals surface area contributed by atoms with Crippen molar-refractivity contribution in [3.63, 3.8) is 0 Å². The van der Waals surface area contributed by atoms with E-state index in [1.807, 2.05) is 51.1 Å². The van der Waals surface area contributed by atoms with Crippen molar-refractivity contribution in [2.24, 2.45) is 5.10 Å². The second-order valence-corrected chi connectivity index (χ2v) is 11.3. The first kappa shape index (κ1) is 27.9. The predicted octanol–water partition coefficient (Wildman–Crippen LogP) is 5.41. The highest BCUT2D eigenvalue weighted by Crippen LogP contribution is 2.27. The van der Waals surface area contributed by atoms with E-state index in [2.05, 4.69) is 15.1 Å². The first-order valence-corrected chi connectivity index (χ1v) is 13.9. The molecule has 0 spiro atoms. The van der Waals surface area contributed by atoms with E-state index in [1.54, 1.807) is 36.4 Å². The Labute approximate surface area is 233 Å². The second kappa shape index (κ2) is 11.8. The highest BCUT2D eigenvalue weighted by atomic mass is 35.5. The third kappa shape index (κ3) is 6.32. The van der Waals surface area contributed by atoms with E-state index in [0.717, 1.165) is 32.5 Å². The smallest absolute Gasteiger partial charge is 0.264 e. The van der Waals surface area contributed by atoms with Gasteiger partial charge in [-0.2, -0.15) is 5.10 Å². The Balaban J connectivity index is 1.56. The molecule has 0 bridgehead atoms. The molecule has 0 radical (unpaired) electrons. The molecule has 1 N–H and O–H groups in total. The number of ether oxygens (including phenoxy) is 1. The molecular formula is C29H29ClN4O4S. The van der Waals surface area contributed by atoms with Crippen molar-refractivity contribution in [3.8, 4) is 11.4 Å². The maximum atomic E-state index is 13.6. The Hall–Kier alpha value is -4.08. The number of hydrogen-bond donors (Lipinski definition) is 1. The molecule has 0 saturated heterocycles. The number of hydrazone groups is 1. The first-order chi connectivity index (χ1) is 18.6. The molecule has 1 heterocycles. The molecule has 202 valence electrons. The number of aryl methyl sites for hydroxylation is 2. The van der Waals surface area contributed by atoms with Gasteiger partial charge in [0.25, 0.3) is 15.9 Å². The summed E-state index contributed by atoms with van der Waals surface area (Å²) in [6.45, 7) is 5.31. The number of nitrogens with one attached hydrogen (secondary N) is 1. The summed E-state index contributed by atoms with van der Waals surface area (Å²) in [5.41, 5.74) is 7.34. The van der Waals surface area contributed by atoms with Crippen molar-refractivity contribution in [1.82, 2.24) is 9.99 Å². The standard InChI is InChI=1S/C29H29ClN4O4S/c1-20-8-14-28(15-9-20)39(36,37)33(26-6-5-7-27(17-26)38-4)19-29(35)32-31-18-23-16-21(2)34(22(23)3)25-12-10-24(30)11-13-25/h5-18H,19H2,1-4H3,(H,32,35)/b31-18-. The Bertz CT molecular complexity index is 1610. The van der Waals surface area contributed by atoms with Crippen LogP contribution >= 0.6 is 11.6 Å². The monoisotopic (exact) mass is 564 g/mol. The van der Waals surface area contributed by atoms with Crippen LogP contribution in [0.4, 0.5) is 5.69 Å². The first-order valence-electron chi connectivity index (χ1n) is 12.1. The summed E-state index contributed by atoms with van der Waals surface area (Å²) in [4.78, 5) is 13.0. The summed E-state index contributed by atoms with van der Waals surface area (Å²) in [6, 6.07) is 22.4. The van der Waals surface area contributed by atoms with Gasteiger partial charge in [-0.05, 0) is 75.4 Å². The molecule has 4 rings (SSSR count). The molecule has 0 unspecified atom stereocenters. The van der Waals surface area contributed by atoms with Gasteiger partial charge in [-0.1, -0.05) is 35.4 Å². The average Bonchev–Trinajstić information content (AvgIpc) is 3.20. The van der Waals surface area contributed by atoms with Gasteiger partial charge in [0, 0.05) is 33.7 Å². The number of benzene rings is 3. The average molecular weight is 565 g/mol. The van der Waals surface area contributed by atoms with Crippen LogP contribution in [0.3, 0.4) is 0 Å². The van der Waals surface area contributed by atoms with Crippen molar-refractivity contribution in [2.45, 2.75) is 25.7 Å². The van der Waals surface area contributed by atoms with E-state index in [4.69, 9.17) is 16.3 Å². The van der Waals surface area contributed by atoms with E-state index in [-0.39, 0.29) is 4.90 Å². The fourth-order valence-corrected chi connectivity index (χ4v) is 5.70. The number of carbonyl (C=O) groups is 1. The number of carbonyl (C=O) groups excluding carboxylic acids is 1. The minimum atomic E-state index is -4.06. The Morgan fingerprint density at radius 2 is 1.72 bits per heavy atom. The van der Waals surface area contributed by atoms with Gasteiger partial charge in [-0.3, -0.25) is 9.10 Å². The van der Waals surface area contributed by atoms with Crippen molar-refractivity contribution in [1.29, 1.82) is 0 Å². The fourth-order valence-electron chi connectivity index (χ4n) is 4.16. The van der Waals surface area contributed by atoms with E-state index < -0.39 is 22.5 Å². The fraction of sp³-hybridized carbons (Fsp3) is 0.172. The molecule has 0 aliphatic heterocycles. The molecule has 1 amide bonds. The Morgan fingerprint density at radius 1 is 1.03 bits per heavy atom. The van der Waals surface area contributed by atoms with Crippen LogP contribution in [0, 0.1) is 20.8 Å². The van der Waals surface area contributed by atoms with E-state index >= 15 is 0 Å². The predicted molar refractivity (Wildman–Crippen MR) is 155 cm³/mol. The van der Waals surface area contributed by atoms with Crippen LogP contribution in [0.25, 0.3) is 5.69 Å². The van der Waals surface area contributed by atoms with Crippen LogP contribution in [0.2, 0.25) is 5.02 Å². The lowest BCUT2D eigenvalue weighted by molar-refractivity contribution is -0.119. The number of hydrogen-bond acceptors (Lipinski definition) is 5. The number of anilines is 1. The Kier molecular flexibility index (Phi) is 8.42. The van der Waals surface area contributed by atoms with Crippen LogP contribution in [0.5, 0.6) is 5.75 Å². The van der Waals surface area contributed by atoms with E-state index in [9.17, 15) is 13.2 Å². The van der Waals surface area contributed by atoms with Crippen LogP contribution in [-0.4, -0.2) is 38.8 Å². The van der Waals surface area contributed by atoms with Gasteiger partial charge < -0.3 is 9.30 Å². The van der Waals surface area contributed by atoms with Gasteiger partial charge in [0.15, 0.2) is 0 Å². The minimum absolute atomic E-state index is 0.0712. The van der Waals surface area contributed by atoms with Gasteiger partial charge in [0.1, 0.15) is 12.3 Å². The highest BCUT2D eigenvalue weighted by molar-refractivity contribution is 7.92. The molecule has 10 heteroatoms. The summed E-state index contributed by atoms with van der Waals surface area (Å²) < 4.78 is 35.5. The molecule has 0 atom stereocenters. The number of sulfonamides is 1. The third-order valence-corrected chi connectivity index (χ3v) is 8.23. The lowest BCUT2D eigenvalue weighted by atomic mass is 10.2. The number of amides is 1. The van der Waals surface area contributed by atoms with Gasteiger partial charge in [-0.25, -0.2) is 13.8 Å². The van der Waals surface area contributed by atoms with Gasteiger partial charge in [0.05, 0.1) is 23.9 Å². The molecule has 1 aromatic heterocycles. The molecule has 8 nitrogen and oxygen atoms in total. The molecule has 0 aliphatic rings. The topological polar surface area (TPSA) is 93.0 Å². The molecule has 3 aromatic carbocycles. The molecular weight excluding hydrogens is 536 g/mol. The van der Waals surface area contributed by atoms with Crippen molar-refractivity contribution in [3.05, 3.63) is 106 Å². The van der Waals surface area contributed by atoms with Gasteiger partial charge >= 0.3 is 0 Å². The maximum absolute atomic E-state index is 13.6. The number of rotatable bonds is 9. The molecule has 0 aliphatic carbocycles. The molecule has 4 aromatic rings. The van der Waals surface area contributed by atoms with Crippen LogP contribution in [0.1, 0.15) is 22.5 Å². The number of methoxy groups -OCH3 is 1. The highest BCUT2D eigenvalue weighted by Gasteiger charge is 2.27. The van der Waals surface area contributed by atoms with Crippen molar-refractivity contribution in [2.75, 3.05) is 18.0 Å².